The van der Waals surface area contributed by atoms with Crippen LogP contribution < -0.4 is 4.74 Å². The first-order chi connectivity index (χ1) is 8.60. The standard InChI is InChI=1S/C13H14N2O3/c1-9-6-11(18-2)7-10(14-9)8-15-5-3-4-12(15)13(16)17/h3-7H,8H2,1-2H3,(H,16,17). The van der Waals surface area contributed by atoms with Crippen molar-refractivity contribution in [1.29, 1.82) is 0 Å². The Balaban J connectivity index is 2.31. The lowest BCUT2D eigenvalue weighted by atomic mass is 10.3. The summed E-state index contributed by atoms with van der Waals surface area (Å²) in [4.78, 5) is 15.4. The van der Waals surface area contributed by atoms with Gasteiger partial charge in [0.15, 0.2) is 0 Å². The number of carboxylic acid groups (broad SMARTS) is 1. The van der Waals surface area contributed by atoms with E-state index in [0.29, 0.717) is 6.54 Å². The van der Waals surface area contributed by atoms with Gasteiger partial charge in [0, 0.05) is 24.0 Å². The third-order valence-electron chi connectivity index (χ3n) is 2.60. The Hall–Kier alpha value is -2.30. The molecule has 0 aliphatic heterocycles. The normalized spacial score (nSPS) is 10.3. The van der Waals surface area contributed by atoms with Crippen LogP contribution in [0.4, 0.5) is 0 Å². The fourth-order valence-corrected chi connectivity index (χ4v) is 1.82. The van der Waals surface area contributed by atoms with E-state index in [-0.39, 0.29) is 5.69 Å². The molecule has 18 heavy (non-hydrogen) atoms. The minimum Gasteiger partial charge on any atom is -0.497 e. The fraction of sp³-hybridized carbons (Fsp3) is 0.231. The van der Waals surface area contributed by atoms with Gasteiger partial charge in [0.2, 0.25) is 0 Å². The van der Waals surface area contributed by atoms with E-state index in [9.17, 15) is 4.79 Å². The van der Waals surface area contributed by atoms with Crippen molar-refractivity contribution in [2.45, 2.75) is 13.5 Å². The van der Waals surface area contributed by atoms with E-state index in [0.717, 1.165) is 17.1 Å². The zero-order chi connectivity index (χ0) is 13.1. The molecule has 0 saturated carbocycles. The average molecular weight is 246 g/mol. The Labute approximate surface area is 105 Å². The summed E-state index contributed by atoms with van der Waals surface area (Å²) in [5.74, 6) is -0.221. The van der Waals surface area contributed by atoms with Crippen molar-refractivity contribution in [3.05, 3.63) is 47.5 Å². The Morgan fingerprint density at radius 1 is 1.50 bits per heavy atom. The third kappa shape index (κ3) is 2.51. The van der Waals surface area contributed by atoms with Gasteiger partial charge in [-0.05, 0) is 19.1 Å². The summed E-state index contributed by atoms with van der Waals surface area (Å²) in [5, 5.41) is 9.02. The quantitative estimate of drug-likeness (QED) is 0.895. The van der Waals surface area contributed by atoms with Crippen LogP contribution in [0.2, 0.25) is 0 Å². The van der Waals surface area contributed by atoms with Crippen molar-refractivity contribution in [1.82, 2.24) is 9.55 Å². The summed E-state index contributed by atoms with van der Waals surface area (Å²) in [6, 6.07) is 6.90. The van der Waals surface area contributed by atoms with Gasteiger partial charge in [-0.3, -0.25) is 4.98 Å². The number of hydrogen-bond donors (Lipinski definition) is 1. The molecule has 0 bridgehead atoms. The van der Waals surface area contributed by atoms with Gasteiger partial charge in [-0.15, -0.1) is 0 Å². The second kappa shape index (κ2) is 4.91. The first-order valence-corrected chi connectivity index (χ1v) is 5.50. The summed E-state index contributed by atoms with van der Waals surface area (Å²) in [6.07, 6.45) is 1.72. The number of hydrogen-bond acceptors (Lipinski definition) is 3. The Morgan fingerprint density at radius 2 is 2.28 bits per heavy atom. The smallest absolute Gasteiger partial charge is 0.352 e. The van der Waals surface area contributed by atoms with Gasteiger partial charge in [-0.2, -0.15) is 0 Å². The highest BCUT2D eigenvalue weighted by atomic mass is 16.5. The van der Waals surface area contributed by atoms with Gasteiger partial charge in [0.05, 0.1) is 19.3 Å². The molecule has 0 atom stereocenters. The lowest BCUT2D eigenvalue weighted by Crippen LogP contribution is -2.09. The predicted molar refractivity (Wildman–Crippen MR) is 66.0 cm³/mol. The SMILES string of the molecule is COc1cc(C)nc(Cn2cccc2C(=O)O)c1. The van der Waals surface area contributed by atoms with Gasteiger partial charge in [0.1, 0.15) is 11.4 Å². The van der Waals surface area contributed by atoms with Crippen LogP contribution in [0.15, 0.2) is 30.5 Å². The highest BCUT2D eigenvalue weighted by molar-refractivity contribution is 5.85. The van der Waals surface area contributed by atoms with E-state index in [4.69, 9.17) is 9.84 Å². The van der Waals surface area contributed by atoms with Crippen molar-refractivity contribution in [2.24, 2.45) is 0 Å². The summed E-state index contributed by atoms with van der Waals surface area (Å²) in [5.41, 5.74) is 1.86. The lowest BCUT2D eigenvalue weighted by Gasteiger charge is -2.08. The minimum atomic E-state index is -0.945. The zero-order valence-electron chi connectivity index (χ0n) is 10.3. The maximum Gasteiger partial charge on any atom is 0.352 e. The van der Waals surface area contributed by atoms with Crippen LogP contribution in [0.5, 0.6) is 5.75 Å². The van der Waals surface area contributed by atoms with Gasteiger partial charge < -0.3 is 14.4 Å². The van der Waals surface area contributed by atoms with Crippen LogP contribution in [0, 0.1) is 6.92 Å². The molecule has 94 valence electrons. The maximum atomic E-state index is 11.0. The molecule has 0 amide bonds. The molecule has 0 fully saturated rings. The van der Waals surface area contributed by atoms with E-state index in [1.165, 1.54) is 0 Å². The largest absolute Gasteiger partial charge is 0.497 e. The predicted octanol–water partition coefficient (Wildman–Crippen LogP) is 1.95. The number of nitrogens with zero attached hydrogens (tertiary/aromatic N) is 2. The number of pyridine rings is 1. The summed E-state index contributed by atoms with van der Waals surface area (Å²) in [7, 11) is 1.59. The molecule has 0 spiro atoms. The minimum absolute atomic E-state index is 0.247. The van der Waals surface area contributed by atoms with E-state index in [1.807, 2.05) is 13.0 Å². The Morgan fingerprint density at radius 3 is 2.94 bits per heavy atom. The first-order valence-electron chi connectivity index (χ1n) is 5.50. The van der Waals surface area contributed by atoms with Gasteiger partial charge in [0.25, 0.3) is 0 Å². The summed E-state index contributed by atoms with van der Waals surface area (Å²) in [6.45, 7) is 2.28. The van der Waals surface area contributed by atoms with Crippen molar-refractivity contribution in [2.75, 3.05) is 7.11 Å². The monoisotopic (exact) mass is 246 g/mol. The number of aryl methyl sites for hydroxylation is 1. The second-order valence-corrected chi connectivity index (χ2v) is 3.97. The van der Waals surface area contributed by atoms with Crippen LogP contribution in [0.1, 0.15) is 21.9 Å². The molecule has 2 heterocycles. The fourth-order valence-electron chi connectivity index (χ4n) is 1.82. The molecular formula is C13H14N2O3. The number of carboxylic acids is 1. The summed E-state index contributed by atoms with van der Waals surface area (Å²) < 4.78 is 6.81. The van der Waals surface area contributed by atoms with Crippen molar-refractivity contribution in [3.63, 3.8) is 0 Å². The van der Waals surface area contributed by atoms with Gasteiger partial charge in [-0.1, -0.05) is 0 Å². The lowest BCUT2D eigenvalue weighted by molar-refractivity contribution is 0.0685. The molecule has 0 aliphatic rings. The number of carbonyl (C=O) groups is 1. The Bertz CT molecular complexity index is 575. The topological polar surface area (TPSA) is 64.4 Å². The highest BCUT2D eigenvalue weighted by Crippen LogP contribution is 2.15. The molecule has 2 aromatic heterocycles. The van der Waals surface area contributed by atoms with Gasteiger partial charge in [-0.25, -0.2) is 4.79 Å². The van der Waals surface area contributed by atoms with E-state index in [2.05, 4.69) is 4.98 Å². The number of aromatic carboxylic acids is 1. The molecule has 0 aromatic carbocycles. The van der Waals surface area contributed by atoms with Crippen molar-refractivity contribution in [3.8, 4) is 5.75 Å². The number of ether oxygens (including phenoxy) is 1. The molecule has 2 rings (SSSR count). The van der Waals surface area contributed by atoms with Crippen LogP contribution in [-0.2, 0) is 6.54 Å². The van der Waals surface area contributed by atoms with Crippen LogP contribution in [0.25, 0.3) is 0 Å². The number of rotatable bonds is 4. The van der Waals surface area contributed by atoms with E-state index in [1.54, 1.807) is 36.1 Å². The second-order valence-electron chi connectivity index (χ2n) is 3.97. The van der Waals surface area contributed by atoms with Crippen LogP contribution in [0.3, 0.4) is 0 Å². The molecule has 0 aliphatic carbocycles. The number of methoxy groups -OCH3 is 1. The average Bonchev–Trinajstić information content (AvgIpc) is 2.76. The molecular weight excluding hydrogens is 232 g/mol. The molecule has 0 unspecified atom stereocenters. The van der Waals surface area contributed by atoms with Crippen molar-refractivity contribution < 1.29 is 14.6 Å². The maximum absolute atomic E-state index is 11.0. The Kier molecular flexibility index (Phi) is 3.32. The third-order valence-corrected chi connectivity index (χ3v) is 2.60. The zero-order valence-corrected chi connectivity index (χ0v) is 10.3. The molecule has 0 saturated heterocycles. The molecule has 0 radical (unpaired) electrons. The van der Waals surface area contributed by atoms with Gasteiger partial charge >= 0.3 is 5.97 Å². The first kappa shape index (κ1) is 12.2. The van der Waals surface area contributed by atoms with Crippen LogP contribution >= 0.6 is 0 Å². The van der Waals surface area contributed by atoms with Crippen LogP contribution in [-0.4, -0.2) is 27.7 Å². The molecule has 5 heteroatoms. The summed E-state index contributed by atoms with van der Waals surface area (Å²) >= 11 is 0. The van der Waals surface area contributed by atoms with E-state index >= 15 is 0 Å². The number of aromatic nitrogens is 2. The molecule has 2 aromatic rings. The molecule has 5 nitrogen and oxygen atoms in total. The highest BCUT2D eigenvalue weighted by Gasteiger charge is 2.10. The van der Waals surface area contributed by atoms with Crippen molar-refractivity contribution >= 4 is 5.97 Å². The van der Waals surface area contributed by atoms with E-state index < -0.39 is 5.97 Å². The molecule has 1 N–H and O–H groups in total.